The summed E-state index contributed by atoms with van der Waals surface area (Å²) in [6.45, 7) is 2.42. The molecule has 0 atom stereocenters. The largest absolute Gasteiger partial charge is 0.342 e. The molecule has 1 amide bonds. The second-order valence-corrected chi connectivity index (χ2v) is 4.99. The lowest BCUT2D eigenvalue weighted by Gasteiger charge is -2.20. The first-order chi connectivity index (χ1) is 8.79. The van der Waals surface area contributed by atoms with Crippen LogP contribution in [0.15, 0.2) is 24.3 Å². The second-order valence-electron chi connectivity index (χ2n) is 4.99. The van der Waals surface area contributed by atoms with E-state index in [0.717, 1.165) is 37.1 Å². The van der Waals surface area contributed by atoms with E-state index in [1.54, 1.807) is 0 Å². The average Bonchev–Trinajstić information content (AvgIpc) is 2.68. The van der Waals surface area contributed by atoms with Gasteiger partial charge in [0.1, 0.15) is 0 Å². The number of amides is 1. The number of nitrogens with two attached hydrogens (primary N) is 1. The van der Waals surface area contributed by atoms with E-state index in [0.29, 0.717) is 13.0 Å². The molecule has 1 aromatic carbocycles. The van der Waals surface area contributed by atoms with Crippen molar-refractivity contribution in [2.24, 2.45) is 5.73 Å². The molecule has 98 valence electrons. The van der Waals surface area contributed by atoms with Crippen molar-refractivity contribution in [3.8, 4) is 0 Å². The summed E-state index contributed by atoms with van der Waals surface area (Å²) < 4.78 is 0. The Hall–Kier alpha value is -1.35. The first-order valence-corrected chi connectivity index (χ1v) is 6.85. The highest BCUT2D eigenvalue weighted by atomic mass is 16.2. The lowest BCUT2D eigenvalue weighted by Crippen LogP contribution is -2.33. The minimum atomic E-state index is 0.261. The minimum absolute atomic E-state index is 0.261. The van der Waals surface area contributed by atoms with Crippen LogP contribution in [0.3, 0.4) is 0 Å². The average molecular weight is 246 g/mol. The lowest BCUT2D eigenvalue weighted by molar-refractivity contribution is -0.130. The van der Waals surface area contributed by atoms with Crippen molar-refractivity contribution in [3.05, 3.63) is 35.4 Å². The van der Waals surface area contributed by atoms with Gasteiger partial charge in [-0.2, -0.15) is 0 Å². The molecular formula is C15H22N2O. The van der Waals surface area contributed by atoms with Crippen LogP contribution in [0.25, 0.3) is 0 Å². The van der Waals surface area contributed by atoms with Gasteiger partial charge >= 0.3 is 0 Å². The lowest BCUT2D eigenvalue weighted by atomic mass is 10.1. The van der Waals surface area contributed by atoms with Gasteiger partial charge in [-0.05, 0) is 24.0 Å². The van der Waals surface area contributed by atoms with Gasteiger partial charge in [0.25, 0.3) is 0 Å². The van der Waals surface area contributed by atoms with Gasteiger partial charge in [0.2, 0.25) is 5.91 Å². The third-order valence-corrected chi connectivity index (χ3v) is 3.57. The maximum Gasteiger partial charge on any atom is 0.226 e. The smallest absolute Gasteiger partial charge is 0.226 e. The summed E-state index contributed by atoms with van der Waals surface area (Å²) >= 11 is 0. The Balaban J connectivity index is 1.92. The fourth-order valence-electron chi connectivity index (χ4n) is 2.40. The van der Waals surface area contributed by atoms with E-state index < -0.39 is 0 Å². The van der Waals surface area contributed by atoms with E-state index in [-0.39, 0.29) is 5.91 Å². The van der Waals surface area contributed by atoms with Gasteiger partial charge in [0.05, 0.1) is 6.42 Å². The Kier molecular flexibility index (Phi) is 4.76. The van der Waals surface area contributed by atoms with Crippen molar-refractivity contribution < 1.29 is 4.79 Å². The predicted octanol–water partition coefficient (Wildman–Crippen LogP) is 2.09. The molecule has 1 aromatic rings. The maximum absolute atomic E-state index is 12.2. The Labute approximate surface area is 109 Å². The van der Waals surface area contributed by atoms with Gasteiger partial charge in [0, 0.05) is 19.6 Å². The molecule has 1 fully saturated rings. The number of likely N-dealkylation sites (tertiary alicyclic amines) is 1. The van der Waals surface area contributed by atoms with Crippen LogP contribution >= 0.6 is 0 Å². The highest BCUT2D eigenvalue weighted by molar-refractivity contribution is 5.78. The molecule has 1 aliphatic rings. The van der Waals surface area contributed by atoms with Gasteiger partial charge in [-0.3, -0.25) is 4.79 Å². The molecule has 0 aliphatic carbocycles. The van der Waals surface area contributed by atoms with Crippen LogP contribution < -0.4 is 5.73 Å². The predicted molar refractivity (Wildman–Crippen MR) is 73.1 cm³/mol. The molecular weight excluding hydrogens is 224 g/mol. The molecule has 18 heavy (non-hydrogen) atoms. The van der Waals surface area contributed by atoms with Crippen LogP contribution in [0.2, 0.25) is 0 Å². The molecule has 0 radical (unpaired) electrons. The van der Waals surface area contributed by atoms with E-state index in [1.807, 2.05) is 29.2 Å². The topological polar surface area (TPSA) is 46.3 Å². The number of carbonyl (C=O) groups is 1. The van der Waals surface area contributed by atoms with E-state index in [9.17, 15) is 4.79 Å². The van der Waals surface area contributed by atoms with Crippen molar-refractivity contribution in [1.82, 2.24) is 4.90 Å². The van der Waals surface area contributed by atoms with Crippen molar-refractivity contribution in [2.75, 3.05) is 13.1 Å². The SMILES string of the molecule is NCc1ccc(CC(=O)N2CCCCCC2)cc1. The third-order valence-electron chi connectivity index (χ3n) is 3.57. The maximum atomic E-state index is 12.2. The third kappa shape index (κ3) is 3.57. The van der Waals surface area contributed by atoms with E-state index in [2.05, 4.69) is 0 Å². The highest BCUT2D eigenvalue weighted by Gasteiger charge is 2.15. The van der Waals surface area contributed by atoms with Crippen molar-refractivity contribution in [3.63, 3.8) is 0 Å². The molecule has 0 spiro atoms. The van der Waals surface area contributed by atoms with Gasteiger partial charge in [0.15, 0.2) is 0 Å². The minimum Gasteiger partial charge on any atom is -0.342 e. The molecule has 1 heterocycles. The fourth-order valence-corrected chi connectivity index (χ4v) is 2.40. The van der Waals surface area contributed by atoms with Crippen LogP contribution in [-0.4, -0.2) is 23.9 Å². The molecule has 0 bridgehead atoms. The summed E-state index contributed by atoms with van der Waals surface area (Å²) in [6, 6.07) is 8.03. The quantitative estimate of drug-likeness (QED) is 0.887. The number of hydrogen-bond donors (Lipinski definition) is 1. The second kappa shape index (κ2) is 6.55. The molecule has 0 aromatic heterocycles. The van der Waals surface area contributed by atoms with Crippen molar-refractivity contribution in [1.29, 1.82) is 0 Å². The van der Waals surface area contributed by atoms with Crippen LogP contribution in [-0.2, 0) is 17.8 Å². The fraction of sp³-hybridized carbons (Fsp3) is 0.533. The highest BCUT2D eigenvalue weighted by Crippen LogP contribution is 2.12. The Morgan fingerprint density at radius 2 is 1.56 bits per heavy atom. The number of nitrogens with zero attached hydrogens (tertiary/aromatic N) is 1. The Morgan fingerprint density at radius 3 is 2.11 bits per heavy atom. The number of benzene rings is 1. The first kappa shape index (κ1) is 13.1. The summed E-state index contributed by atoms with van der Waals surface area (Å²) in [5, 5.41) is 0. The van der Waals surface area contributed by atoms with Gasteiger partial charge in [-0.1, -0.05) is 37.1 Å². The van der Waals surface area contributed by atoms with E-state index in [1.165, 1.54) is 12.8 Å². The summed E-state index contributed by atoms with van der Waals surface area (Å²) in [6.07, 6.45) is 5.34. The van der Waals surface area contributed by atoms with Crippen LogP contribution in [0, 0.1) is 0 Å². The van der Waals surface area contributed by atoms with Crippen LogP contribution in [0.5, 0.6) is 0 Å². The van der Waals surface area contributed by atoms with Gasteiger partial charge < -0.3 is 10.6 Å². The summed E-state index contributed by atoms with van der Waals surface area (Å²) in [5.41, 5.74) is 7.76. The molecule has 0 saturated carbocycles. The van der Waals surface area contributed by atoms with E-state index in [4.69, 9.17) is 5.73 Å². The number of carbonyl (C=O) groups excluding carboxylic acids is 1. The first-order valence-electron chi connectivity index (χ1n) is 6.85. The standard InChI is InChI=1S/C15H22N2O/c16-12-14-7-5-13(6-8-14)11-15(18)17-9-3-1-2-4-10-17/h5-8H,1-4,9-12,16H2. The van der Waals surface area contributed by atoms with E-state index >= 15 is 0 Å². The van der Waals surface area contributed by atoms with Gasteiger partial charge in [-0.25, -0.2) is 0 Å². The zero-order valence-electron chi connectivity index (χ0n) is 10.9. The molecule has 0 unspecified atom stereocenters. The molecule has 1 saturated heterocycles. The summed E-state index contributed by atoms with van der Waals surface area (Å²) in [4.78, 5) is 14.2. The molecule has 2 rings (SSSR count). The summed E-state index contributed by atoms with van der Waals surface area (Å²) in [7, 11) is 0. The Morgan fingerprint density at radius 1 is 1.00 bits per heavy atom. The van der Waals surface area contributed by atoms with Gasteiger partial charge in [-0.15, -0.1) is 0 Å². The monoisotopic (exact) mass is 246 g/mol. The van der Waals surface area contributed by atoms with Crippen molar-refractivity contribution in [2.45, 2.75) is 38.6 Å². The van der Waals surface area contributed by atoms with Crippen LogP contribution in [0.1, 0.15) is 36.8 Å². The van der Waals surface area contributed by atoms with Crippen LogP contribution in [0.4, 0.5) is 0 Å². The molecule has 3 nitrogen and oxygen atoms in total. The summed E-state index contributed by atoms with van der Waals surface area (Å²) in [5.74, 6) is 0.261. The zero-order valence-corrected chi connectivity index (χ0v) is 10.9. The molecule has 1 aliphatic heterocycles. The molecule has 3 heteroatoms. The number of rotatable bonds is 3. The normalized spacial score (nSPS) is 16.4. The number of hydrogen-bond acceptors (Lipinski definition) is 2. The van der Waals surface area contributed by atoms with Crippen molar-refractivity contribution >= 4 is 5.91 Å². The molecule has 2 N–H and O–H groups in total. The zero-order chi connectivity index (χ0) is 12.8. The Bertz CT molecular complexity index is 378.